The van der Waals surface area contributed by atoms with Crippen LogP contribution in [0.25, 0.3) is 0 Å². The molecule has 0 aromatic rings. The molecule has 0 heterocycles. The van der Waals surface area contributed by atoms with Gasteiger partial charge < -0.3 is 9.84 Å². The molecule has 0 spiro atoms. The number of aliphatic hydroxyl groups excluding tert-OH is 1. The fraction of sp³-hybridized carbons (Fsp3) is 1.00. The number of aliphatic hydroxyl groups is 1. The summed E-state index contributed by atoms with van der Waals surface area (Å²) < 4.78 is 29.7. The molecule has 1 aliphatic carbocycles. The summed E-state index contributed by atoms with van der Waals surface area (Å²) in [7, 11) is 0. The van der Waals surface area contributed by atoms with Gasteiger partial charge in [0.15, 0.2) is 0 Å². The predicted octanol–water partition coefficient (Wildman–Crippen LogP) is 1.82. The highest BCUT2D eigenvalue weighted by Crippen LogP contribution is 2.32. The normalized spacial score (nSPS) is 20.3. The summed E-state index contributed by atoms with van der Waals surface area (Å²) in [6.07, 6.45) is 1.72. The smallest absolute Gasteiger partial charge is 0.272 e. The van der Waals surface area contributed by atoms with Gasteiger partial charge in [0.1, 0.15) is 6.10 Å². The van der Waals surface area contributed by atoms with E-state index in [1.807, 2.05) is 0 Å². The number of rotatable bonds is 6. The molecule has 0 aliphatic heterocycles. The summed E-state index contributed by atoms with van der Waals surface area (Å²) in [6, 6.07) is 0. The minimum Gasteiger partial charge on any atom is -0.384 e. The zero-order chi connectivity index (χ0) is 9.90. The van der Waals surface area contributed by atoms with Crippen molar-refractivity contribution in [3.63, 3.8) is 0 Å². The van der Waals surface area contributed by atoms with Gasteiger partial charge in [0.05, 0.1) is 6.61 Å². The van der Waals surface area contributed by atoms with Crippen molar-refractivity contribution in [2.45, 2.75) is 38.2 Å². The zero-order valence-electron chi connectivity index (χ0n) is 7.80. The van der Waals surface area contributed by atoms with Crippen LogP contribution in [0.3, 0.4) is 0 Å². The van der Waals surface area contributed by atoms with Crippen LogP contribution in [0.2, 0.25) is 0 Å². The van der Waals surface area contributed by atoms with Gasteiger partial charge >= 0.3 is 0 Å². The van der Waals surface area contributed by atoms with E-state index in [0.717, 1.165) is 12.3 Å². The van der Waals surface area contributed by atoms with Crippen LogP contribution in [0.5, 0.6) is 0 Å². The molecule has 1 fully saturated rings. The summed E-state index contributed by atoms with van der Waals surface area (Å²) in [5, 5.41) is 8.89. The highest BCUT2D eigenvalue weighted by molar-refractivity contribution is 4.73. The van der Waals surface area contributed by atoms with E-state index < -0.39 is 12.0 Å². The lowest BCUT2D eigenvalue weighted by atomic mass is 10.2. The lowest BCUT2D eigenvalue weighted by Gasteiger charge is -2.17. The van der Waals surface area contributed by atoms with Crippen LogP contribution in [0, 0.1) is 5.92 Å². The second kappa shape index (κ2) is 4.33. The largest absolute Gasteiger partial charge is 0.384 e. The Bertz CT molecular complexity index is 152. The topological polar surface area (TPSA) is 29.5 Å². The fourth-order valence-corrected chi connectivity index (χ4v) is 0.998. The van der Waals surface area contributed by atoms with Crippen molar-refractivity contribution < 1.29 is 18.6 Å². The van der Waals surface area contributed by atoms with Gasteiger partial charge in [-0.15, -0.1) is 0 Å². The van der Waals surface area contributed by atoms with Crippen molar-refractivity contribution in [1.29, 1.82) is 0 Å². The van der Waals surface area contributed by atoms with E-state index in [0.29, 0.717) is 13.5 Å². The monoisotopic (exact) mass is 194 g/mol. The Kier molecular flexibility index (Phi) is 3.62. The first kappa shape index (κ1) is 10.9. The van der Waals surface area contributed by atoms with Crippen LogP contribution in [-0.2, 0) is 4.74 Å². The van der Waals surface area contributed by atoms with Crippen LogP contribution in [-0.4, -0.2) is 30.3 Å². The Hall–Kier alpha value is -0.220. The summed E-state index contributed by atoms with van der Waals surface area (Å²) in [5.41, 5.74) is 0. The van der Waals surface area contributed by atoms with E-state index in [1.165, 1.54) is 12.8 Å². The third-order valence-corrected chi connectivity index (χ3v) is 2.23. The maximum absolute atomic E-state index is 12.4. The lowest BCUT2D eigenvalue weighted by molar-refractivity contribution is -0.122. The van der Waals surface area contributed by atoms with Crippen molar-refractivity contribution in [3.8, 4) is 0 Å². The predicted molar refractivity (Wildman–Crippen MR) is 44.8 cm³/mol. The van der Waals surface area contributed by atoms with Crippen LogP contribution < -0.4 is 0 Å². The minimum absolute atomic E-state index is 0.268. The Morgan fingerprint density at radius 1 is 1.54 bits per heavy atom. The first-order valence-electron chi connectivity index (χ1n) is 4.64. The molecule has 4 heteroatoms. The quantitative estimate of drug-likeness (QED) is 0.653. The molecule has 1 aliphatic rings. The van der Waals surface area contributed by atoms with E-state index in [4.69, 9.17) is 9.84 Å². The standard InChI is InChI=1S/C9H16F2O2/c1-9(10,11)8(12)6-13-5-4-7-2-3-7/h7-8,12H,2-6H2,1H3. The molecule has 1 unspecified atom stereocenters. The summed E-state index contributed by atoms with van der Waals surface area (Å²) in [5.74, 6) is -2.32. The molecule has 0 radical (unpaired) electrons. The minimum atomic E-state index is -3.06. The molecular weight excluding hydrogens is 178 g/mol. The van der Waals surface area contributed by atoms with Crippen molar-refractivity contribution in [2.24, 2.45) is 5.92 Å². The first-order valence-corrected chi connectivity index (χ1v) is 4.64. The van der Waals surface area contributed by atoms with E-state index in [1.54, 1.807) is 0 Å². The van der Waals surface area contributed by atoms with Gasteiger partial charge in [0, 0.05) is 13.5 Å². The first-order chi connectivity index (χ1) is 6.00. The van der Waals surface area contributed by atoms with Crippen molar-refractivity contribution in [3.05, 3.63) is 0 Å². The molecule has 1 atom stereocenters. The molecule has 0 aromatic carbocycles. The molecule has 78 valence electrons. The molecule has 1 saturated carbocycles. The Balaban J connectivity index is 1.97. The maximum atomic E-state index is 12.4. The molecule has 1 rings (SSSR count). The molecule has 0 amide bonds. The van der Waals surface area contributed by atoms with E-state index in [9.17, 15) is 8.78 Å². The van der Waals surface area contributed by atoms with Gasteiger partial charge in [-0.1, -0.05) is 12.8 Å². The van der Waals surface area contributed by atoms with Gasteiger partial charge in [-0.25, -0.2) is 8.78 Å². The molecule has 0 saturated heterocycles. The highest BCUT2D eigenvalue weighted by atomic mass is 19.3. The van der Waals surface area contributed by atoms with Gasteiger partial charge in [0.2, 0.25) is 0 Å². The lowest BCUT2D eigenvalue weighted by Crippen LogP contribution is -2.34. The summed E-state index contributed by atoms with van der Waals surface area (Å²) in [4.78, 5) is 0. The maximum Gasteiger partial charge on any atom is 0.272 e. The zero-order valence-corrected chi connectivity index (χ0v) is 7.80. The number of halogens is 2. The second-order valence-electron chi connectivity index (χ2n) is 3.78. The van der Waals surface area contributed by atoms with Gasteiger partial charge in [-0.05, 0) is 12.3 Å². The fourth-order valence-electron chi connectivity index (χ4n) is 0.998. The Morgan fingerprint density at radius 3 is 2.62 bits per heavy atom. The van der Waals surface area contributed by atoms with Crippen molar-refractivity contribution in [2.75, 3.05) is 13.2 Å². The number of ether oxygens (including phenoxy) is 1. The summed E-state index contributed by atoms with van der Waals surface area (Å²) >= 11 is 0. The number of hydrogen-bond acceptors (Lipinski definition) is 2. The van der Waals surface area contributed by atoms with Crippen molar-refractivity contribution >= 4 is 0 Å². The molecule has 0 bridgehead atoms. The third kappa shape index (κ3) is 4.52. The SMILES string of the molecule is CC(F)(F)C(O)COCCC1CC1. The molecule has 0 aromatic heterocycles. The number of hydrogen-bond donors (Lipinski definition) is 1. The Morgan fingerprint density at radius 2 is 2.15 bits per heavy atom. The van der Waals surface area contributed by atoms with E-state index >= 15 is 0 Å². The van der Waals surface area contributed by atoms with Crippen molar-refractivity contribution in [1.82, 2.24) is 0 Å². The van der Waals surface area contributed by atoms with Crippen LogP contribution in [0.1, 0.15) is 26.2 Å². The second-order valence-corrected chi connectivity index (χ2v) is 3.78. The van der Waals surface area contributed by atoms with E-state index in [2.05, 4.69) is 0 Å². The average molecular weight is 194 g/mol. The summed E-state index contributed by atoms with van der Waals surface area (Å²) in [6.45, 7) is 0.913. The van der Waals surface area contributed by atoms with Gasteiger partial charge in [0.25, 0.3) is 5.92 Å². The molecule has 13 heavy (non-hydrogen) atoms. The van der Waals surface area contributed by atoms with E-state index in [-0.39, 0.29) is 6.61 Å². The van der Waals surface area contributed by atoms with Crippen LogP contribution >= 0.6 is 0 Å². The molecule has 1 N–H and O–H groups in total. The average Bonchev–Trinajstić information content (AvgIpc) is 2.79. The molecular formula is C9H16F2O2. The van der Waals surface area contributed by atoms with Gasteiger partial charge in [-0.3, -0.25) is 0 Å². The number of alkyl halides is 2. The molecule has 2 nitrogen and oxygen atoms in total. The highest BCUT2D eigenvalue weighted by Gasteiger charge is 2.32. The van der Waals surface area contributed by atoms with Gasteiger partial charge in [-0.2, -0.15) is 0 Å². The third-order valence-electron chi connectivity index (χ3n) is 2.23. The Labute approximate surface area is 76.9 Å². The van der Waals surface area contributed by atoms with Crippen LogP contribution in [0.15, 0.2) is 0 Å². The van der Waals surface area contributed by atoms with Crippen LogP contribution in [0.4, 0.5) is 8.78 Å².